The monoisotopic (exact) mass is 310 g/mol. The third-order valence-corrected chi connectivity index (χ3v) is 3.38. The van der Waals surface area contributed by atoms with Gasteiger partial charge in [0.1, 0.15) is 0 Å². The van der Waals surface area contributed by atoms with E-state index in [1.165, 1.54) is 6.07 Å². The fourth-order valence-corrected chi connectivity index (χ4v) is 2.09. The lowest BCUT2D eigenvalue weighted by atomic mass is 10.0. The summed E-state index contributed by atoms with van der Waals surface area (Å²) in [7, 11) is -3.21. The van der Waals surface area contributed by atoms with Crippen LogP contribution in [0.5, 0.6) is 0 Å². The normalized spacial score (nSPS) is 12.7. The molecular formula is C12H17F3N2O2S. The first-order valence-electron chi connectivity index (χ1n) is 5.91. The van der Waals surface area contributed by atoms with E-state index >= 15 is 0 Å². The Hall–Kier alpha value is -1.12. The number of rotatable bonds is 6. The summed E-state index contributed by atoms with van der Waals surface area (Å²) in [4.78, 5) is 0. The lowest BCUT2D eigenvalue weighted by molar-refractivity contribution is -0.137. The largest absolute Gasteiger partial charge is 0.416 e. The molecule has 20 heavy (non-hydrogen) atoms. The van der Waals surface area contributed by atoms with Crippen LogP contribution >= 0.6 is 0 Å². The summed E-state index contributed by atoms with van der Waals surface area (Å²) < 4.78 is 61.4. The van der Waals surface area contributed by atoms with Gasteiger partial charge in [-0.2, -0.15) is 13.2 Å². The standard InChI is InChI=1S/C12H17F3N2O2S/c1-9-7-11(12(13,14)15)4-3-10(9)8-16-5-6-17-20(2,18)19/h3-4,7,16-17H,5-6,8H2,1-2H3. The zero-order valence-electron chi connectivity index (χ0n) is 11.2. The van der Waals surface area contributed by atoms with E-state index in [2.05, 4.69) is 10.0 Å². The maximum atomic E-state index is 12.5. The van der Waals surface area contributed by atoms with Gasteiger partial charge in [0, 0.05) is 19.6 Å². The van der Waals surface area contributed by atoms with Crippen LogP contribution in [0.25, 0.3) is 0 Å². The molecule has 4 nitrogen and oxygen atoms in total. The molecule has 0 unspecified atom stereocenters. The summed E-state index contributed by atoms with van der Waals surface area (Å²) in [6.45, 7) is 2.63. The molecule has 0 fully saturated rings. The van der Waals surface area contributed by atoms with Crippen LogP contribution in [0.2, 0.25) is 0 Å². The highest BCUT2D eigenvalue weighted by Gasteiger charge is 2.30. The summed E-state index contributed by atoms with van der Waals surface area (Å²) in [6, 6.07) is 3.57. The predicted molar refractivity (Wildman–Crippen MR) is 70.7 cm³/mol. The number of hydrogen-bond acceptors (Lipinski definition) is 3. The van der Waals surface area contributed by atoms with Crippen LogP contribution in [-0.2, 0) is 22.7 Å². The number of benzene rings is 1. The van der Waals surface area contributed by atoms with Gasteiger partial charge in [0.15, 0.2) is 0 Å². The van der Waals surface area contributed by atoms with Crippen LogP contribution in [0.4, 0.5) is 13.2 Å². The highest BCUT2D eigenvalue weighted by molar-refractivity contribution is 7.88. The number of sulfonamides is 1. The highest BCUT2D eigenvalue weighted by atomic mass is 32.2. The predicted octanol–water partition coefficient (Wildman–Crippen LogP) is 1.65. The van der Waals surface area contributed by atoms with E-state index in [0.29, 0.717) is 18.7 Å². The average Bonchev–Trinajstić information content (AvgIpc) is 2.27. The SMILES string of the molecule is Cc1cc(C(F)(F)F)ccc1CNCCNS(C)(=O)=O. The summed E-state index contributed by atoms with van der Waals surface area (Å²) in [5.74, 6) is 0. The lowest BCUT2D eigenvalue weighted by Crippen LogP contribution is -2.30. The topological polar surface area (TPSA) is 58.2 Å². The maximum Gasteiger partial charge on any atom is 0.416 e. The smallest absolute Gasteiger partial charge is 0.311 e. The first-order valence-corrected chi connectivity index (χ1v) is 7.81. The lowest BCUT2D eigenvalue weighted by Gasteiger charge is -2.12. The number of nitrogens with one attached hydrogen (secondary N) is 2. The molecule has 0 aliphatic heterocycles. The third-order valence-electron chi connectivity index (χ3n) is 2.65. The van der Waals surface area contributed by atoms with Gasteiger partial charge < -0.3 is 5.32 Å². The fourth-order valence-electron chi connectivity index (χ4n) is 1.62. The van der Waals surface area contributed by atoms with Crippen LogP contribution in [0.15, 0.2) is 18.2 Å². The molecule has 0 aromatic heterocycles. The third kappa shape index (κ3) is 5.89. The average molecular weight is 310 g/mol. The second kappa shape index (κ2) is 6.55. The van der Waals surface area contributed by atoms with Crippen molar-refractivity contribution in [2.75, 3.05) is 19.3 Å². The Kier molecular flexibility index (Phi) is 5.55. The van der Waals surface area contributed by atoms with Gasteiger partial charge in [-0.25, -0.2) is 13.1 Å². The fraction of sp³-hybridized carbons (Fsp3) is 0.500. The van der Waals surface area contributed by atoms with Gasteiger partial charge in [0.25, 0.3) is 0 Å². The Bertz CT molecular complexity index is 556. The van der Waals surface area contributed by atoms with E-state index in [1.54, 1.807) is 6.92 Å². The number of hydrogen-bond donors (Lipinski definition) is 2. The molecule has 8 heteroatoms. The van der Waals surface area contributed by atoms with Crippen molar-refractivity contribution in [1.82, 2.24) is 10.0 Å². The van der Waals surface area contributed by atoms with Crippen molar-refractivity contribution in [1.29, 1.82) is 0 Å². The molecule has 0 spiro atoms. The molecule has 0 amide bonds. The van der Waals surface area contributed by atoms with Crippen LogP contribution in [0.3, 0.4) is 0 Å². The van der Waals surface area contributed by atoms with Crippen LogP contribution in [0, 0.1) is 6.92 Å². The molecule has 0 saturated carbocycles. The molecule has 0 saturated heterocycles. The highest BCUT2D eigenvalue weighted by Crippen LogP contribution is 2.30. The van der Waals surface area contributed by atoms with Crippen LogP contribution in [0.1, 0.15) is 16.7 Å². The van der Waals surface area contributed by atoms with Crippen LogP contribution in [-0.4, -0.2) is 27.8 Å². The molecule has 0 aliphatic carbocycles. The van der Waals surface area contributed by atoms with Crippen molar-refractivity contribution in [3.05, 3.63) is 34.9 Å². The number of alkyl halides is 3. The van der Waals surface area contributed by atoms with Gasteiger partial charge in [-0.05, 0) is 30.2 Å². The Morgan fingerprint density at radius 2 is 1.85 bits per heavy atom. The van der Waals surface area contributed by atoms with Crippen LogP contribution < -0.4 is 10.0 Å². The molecular weight excluding hydrogens is 293 g/mol. The van der Waals surface area contributed by atoms with E-state index in [-0.39, 0.29) is 6.54 Å². The van der Waals surface area contributed by atoms with Gasteiger partial charge in [0.2, 0.25) is 10.0 Å². The second-order valence-corrected chi connectivity index (χ2v) is 6.32. The zero-order valence-corrected chi connectivity index (χ0v) is 12.0. The molecule has 2 N–H and O–H groups in total. The summed E-state index contributed by atoms with van der Waals surface area (Å²) >= 11 is 0. The van der Waals surface area contributed by atoms with Gasteiger partial charge in [-0.1, -0.05) is 6.07 Å². The molecule has 1 aromatic carbocycles. The summed E-state index contributed by atoms with van der Waals surface area (Å²) in [6.07, 6.45) is -3.27. The van der Waals surface area contributed by atoms with Crippen molar-refractivity contribution in [3.63, 3.8) is 0 Å². The number of halogens is 3. The Morgan fingerprint density at radius 3 is 2.35 bits per heavy atom. The van der Waals surface area contributed by atoms with Crippen molar-refractivity contribution < 1.29 is 21.6 Å². The van der Waals surface area contributed by atoms with E-state index in [9.17, 15) is 21.6 Å². The van der Waals surface area contributed by atoms with Gasteiger partial charge in [0.05, 0.1) is 11.8 Å². The minimum atomic E-state index is -4.34. The molecule has 0 atom stereocenters. The van der Waals surface area contributed by atoms with E-state index in [1.807, 2.05) is 0 Å². The second-order valence-electron chi connectivity index (χ2n) is 4.48. The van der Waals surface area contributed by atoms with E-state index in [0.717, 1.165) is 24.0 Å². The molecule has 0 heterocycles. The Morgan fingerprint density at radius 1 is 1.20 bits per heavy atom. The van der Waals surface area contributed by atoms with Crippen molar-refractivity contribution in [2.45, 2.75) is 19.6 Å². The molecule has 114 valence electrons. The summed E-state index contributed by atoms with van der Waals surface area (Å²) in [5.41, 5.74) is 0.623. The van der Waals surface area contributed by atoms with Crippen molar-refractivity contribution in [2.24, 2.45) is 0 Å². The van der Waals surface area contributed by atoms with Gasteiger partial charge in [-0.3, -0.25) is 0 Å². The molecule has 0 aliphatic rings. The van der Waals surface area contributed by atoms with Gasteiger partial charge >= 0.3 is 6.18 Å². The molecule has 1 rings (SSSR count). The maximum absolute atomic E-state index is 12.5. The molecule has 1 aromatic rings. The van der Waals surface area contributed by atoms with E-state index in [4.69, 9.17) is 0 Å². The first kappa shape index (κ1) is 16.9. The first-order chi connectivity index (χ1) is 9.09. The minimum Gasteiger partial charge on any atom is -0.311 e. The molecule has 0 bridgehead atoms. The Balaban J connectivity index is 2.49. The zero-order chi connectivity index (χ0) is 15.4. The Labute approximate surface area is 116 Å². The minimum absolute atomic E-state index is 0.235. The summed E-state index contributed by atoms with van der Waals surface area (Å²) in [5, 5.41) is 2.97. The molecule has 0 radical (unpaired) electrons. The van der Waals surface area contributed by atoms with Crippen molar-refractivity contribution in [3.8, 4) is 0 Å². The van der Waals surface area contributed by atoms with E-state index < -0.39 is 21.8 Å². The van der Waals surface area contributed by atoms with Gasteiger partial charge in [-0.15, -0.1) is 0 Å². The van der Waals surface area contributed by atoms with Crippen molar-refractivity contribution >= 4 is 10.0 Å². The number of aryl methyl sites for hydroxylation is 1. The quantitative estimate of drug-likeness (QED) is 0.786.